The lowest BCUT2D eigenvalue weighted by Gasteiger charge is -2.41. The summed E-state index contributed by atoms with van der Waals surface area (Å²) < 4.78 is 37.9. The molecule has 0 unspecified atom stereocenters. The van der Waals surface area contributed by atoms with Gasteiger partial charge in [-0.25, -0.2) is 14.0 Å². The van der Waals surface area contributed by atoms with Gasteiger partial charge in [-0.2, -0.15) is 0 Å². The molecule has 0 aromatic heterocycles. The molecule has 2 heterocycles. The first-order valence-corrected chi connectivity index (χ1v) is 14.1. The molecular formula is C32H41FN2O6. The van der Waals surface area contributed by atoms with Crippen molar-refractivity contribution in [2.45, 2.75) is 65.7 Å². The first-order valence-electron chi connectivity index (χ1n) is 14.1. The quantitative estimate of drug-likeness (QED) is 0.376. The number of methoxy groups -OCH3 is 1. The maximum Gasteiger partial charge on any atom is 0.410 e. The van der Waals surface area contributed by atoms with Crippen LogP contribution in [0.1, 0.15) is 72.8 Å². The summed E-state index contributed by atoms with van der Waals surface area (Å²) in [6.45, 7) is 13.8. The number of piperazine rings is 1. The van der Waals surface area contributed by atoms with Crippen LogP contribution < -0.4 is 4.74 Å². The molecule has 0 N–H and O–H groups in total. The predicted octanol–water partition coefficient (Wildman–Crippen LogP) is 6.05. The molecule has 1 amide bonds. The smallest absolute Gasteiger partial charge is 0.410 e. The molecule has 2 aromatic carbocycles. The van der Waals surface area contributed by atoms with Crippen molar-refractivity contribution in [1.29, 1.82) is 0 Å². The Morgan fingerprint density at radius 2 is 1.88 bits per heavy atom. The lowest BCUT2D eigenvalue weighted by atomic mass is 10.0. The van der Waals surface area contributed by atoms with Crippen molar-refractivity contribution < 1.29 is 32.9 Å². The number of aryl methyl sites for hydroxylation is 2. The van der Waals surface area contributed by atoms with Gasteiger partial charge in [-0.05, 0) is 82.5 Å². The minimum Gasteiger partial charge on any atom is -0.493 e. The lowest BCUT2D eigenvalue weighted by molar-refractivity contribution is -0.00301. The number of amides is 1. The number of ether oxygens (including phenoxy) is 4. The van der Waals surface area contributed by atoms with Crippen molar-refractivity contribution in [2.75, 3.05) is 39.9 Å². The number of hydrogen-bond acceptors (Lipinski definition) is 7. The molecule has 2 aliphatic rings. The molecule has 2 atom stereocenters. The monoisotopic (exact) mass is 568 g/mol. The van der Waals surface area contributed by atoms with Gasteiger partial charge in [0.15, 0.2) is 0 Å². The molecule has 222 valence electrons. The highest BCUT2D eigenvalue weighted by Crippen LogP contribution is 2.36. The number of carbonyl (C=O) groups is 2. The van der Waals surface area contributed by atoms with Crippen LogP contribution in [0.2, 0.25) is 0 Å². The van der Waals surface area contributed by atoms with Crippen molar-refractivity contribution in [3.05, 3.63) is 70.0 Å². The molecule has 0 bridgehead atoms. The highest BCUT2D eigenvalue weighted by molar-refractivity contribution is 5.92. The summed E-state index contributed by atoms with van der Waals surface area (Å²) in [7, 11) is 1.35. The highest BCUT2D eigenvalue weighted by atomic mass is 19.1. The first kappa shape index (κ1) is 30.4. The molecule has 2 aromatic rings. The van der Waals surface area contributed by atoms with E-state index in [9.17, 15) is 14.0 Å². The Bertz CT molecular complexity index is 1320. The third kappa shape index (κ3) is 7.38. The first-order chi connectivity index (χ1) is 19.4. The predicted molar refractivity (Wildman–Crippen MR) is 154 cm³/mol. The van der Waals surface area contributed by atoms with Gasteiger partial charge >= 0.3 is 12.1 Å². The Kier molecular flexibility index (Phi) is 9.27. The van der Waals surface area contributed by atoms with E-state index in [2.05, 4.69) is 4.90 Å². The Morgan fingerprint density at radius 1 is 1.12 bits per heavy atom. The normalized spacial score (nSPS) is 18.4. The van der Waals surface area contributed by atoms with E-state index < -0.39 is 17.7 Å². The topological polar surface area (TPSA) is 77.5 Å². The van der Waals surface area contributed by atoms with E-state index in [1.165, 1.54) is 13.2 Å². The maximum atomic E-state index is 14.8. The second-order valence-electron chi connectivity index (χ2n) is 11.8. The van der Waals surface area contributed by atoms with Crippen LogP contribution in [0, 0.1) is 19.7 Å². The molecule has 9 heteroatoms. The highest BCUT2D eigenvalue weighted by Gasteiger charge is 2.33. The molecule has 2 aliphatic heterocycles. The van der Waals surface area contributed by atoms with E-state index in [1.54, 1.807) is 24.0 Å². The minimum absolute atomic E-state index is 0.0804. The average molecular weight is 569 g/mol. The van der Waals surface area contributed by atoms with Crippen molar-refractivity contribution in [3.8, 4) is 5.75 Å². The van der Waals surface area contributed by atoms with E-state index in [0.717, 1.165) is 6.42 Å². The number of benzene rings is 2. The number of nitrogens with zero attached hydrogens (tertiary/aromatic N) is 2. The fourth-order valence-corrected chi connectivity index (χ4v) is 5.11. The second kappa shape index (κ2) is 12.5. The summed E-state index contributed by atoms with van der Waals surface area (Å²) >= 11 is 0. The molecule has 4 rings (SSSR count). The minimum atomic E-state index is -0.569. The second-order valence-corrected chi connectivity index (χ2v) is 11.8. The zero-order chi connectivity index (χ0) is 29.9. The Balaban J connectivity index is 1.63. The third-order valence-corrected chi connectivity index (χ3v) is 7.30. The van der Waals surface area contributed by atoms with Gasteiger partial charge in [-0.1, -0.05) is 12.1 Å². The fourth-order valence-electron chi connectivity index (χ4n) is 5.11. The SMILES string of the molecule is COC(=O)c1cc(C2=CCCO2)c(O[C@H](CN2CCN(C(=O)OC(C)(C)C)[C@H](C)C2)c2ccc(C)c(F)c2)cc1C. The van der Waals surface area contributed by atoms with E-state index in [0.29, 0.717) is 72.1 Å². The van der Waals surface area contributed by atoms with Gasteiger partial charge in [0.2, 0.25) is 0 Å². The van der Waals surface area contributed by atoms with E-state index in [4.69, 9.17) is 18.9 Å². The Morgan fingerprint density at radius 3 is 2.49 bits per heavy atom. The number of esters is 1. The summed E-state index contributed by atoms with van der Waals surface area (Å²) in [4.78, 5) is 29.2. The summed E-state index contributed by atoms with van der Waals surface area (Å²) in [6, 6.07) is 8.61. The van der Waals surface area contributed by atoms with Crippen LogP contribution in [0.5, 0.6) is 5.75 Å². The number of rotatable bonds is 7. The Hall–Kier alpha value is -3.59. The van der Waals surface area contributed by atoms with Gasteiger partial charge < -0.3 is 23.8 Å². The number of hydrogen-bond donors (Lipinski definition) is 0. The van der Waals surface area contributed by atoms with Crippen LogP contribution >= 0.6 is 0 Å². The van der Waals surface area contributed by atoms with Crippen LogP contribution in [0.25, 0.3) is 5.76 Å². The van der Waals surface area contributed by atoms with Crippen molar-refractivity contribution in [2.24, 2.45) is 0 Å². The fraction of sp³-hybridized carbons (Fsp3) is 0.500. The molecule has 8 nitrogen and oxygen atoms in total. The van der Waals surface area contributed by atoms with E-state index in [-0.39, 0.29) is 18.0 Å². The molecule has 1 fully saturated rings. The number of halogens is 1. The zero-order valence-electron chi connectivity index (χ0n) is 25.1. The zero-order valence-corrected chi connectivity index (χ0v) is 25.1. The van der Waals surface area contributed by atoms with Gasteiger partial charge in [0, 0.05) is 38.6 Å². The third-order valence-electron chi connectivity index (χ3n) is 7.30. The van der Waals surface area contributed by atoms with Crippen LogP contribution in [0.15, 0.2) is 36.4 Å². The molecule has 1 saturated heterocycles. The molecular weight excluding hydrogens is 527 g/mol. The van der Waals surface area contributed by atoms with Crippen LogP contribution in [-0.4, -0.2) is 73.4 Å². The van der Waals surface area contributed by atoms with Crippen LogP contribution in [-0.2, 0) is 14.2 Å². The van der Waals surface area contributed by atoms with Crippen LogP contribution in [0.3, 0.4) is 0 Å². The maximum absolute atomic E-state index is 14.8. The Labute approximate surface area is 242 Å². The van der Waals surface area contributed by atoms with E-state index >= 15 is 0 Å². The largest absolute Gasteiger partial charge is 0.493 e. The van der Waals surface area contributed by atoms with Gasteiger partial charge in [0.1, 0.15) is 29.0 Å². The summed E-state index contributed by atoms with van der Waals surface area (Å²) in [5, 5.41) is 0. The molecule has 0 saturated carbocycles. The summed E-state index contributed by atoms with van der Waals surface area (Å²) in [5.41, 5.74) is 2.45. The van der Waals surface area contributed by atoms with Gasteiger partial charge in [-0.15, -0.1) is 0 Å². The van der Waals surface area contributed by atoms with E-state index in [1.807, 2.05) is 52.8 Å². The lowest BCUT2D eigenvalue weighted by Crippen LogP contribution is -2.55. The standard InChI is InChI=1S/C32H41FN2O6/c1-20-10-11-23(16-26(20)33)29(19-34-12-13-35(22(3)18-34)31(37)41-32(4,5)6)40-28-15-21(2)24(30(36)38-7)17-25(28)27-9-8-14-39-27/h9-11,15-17,22,29H,8,12-14,18-19H2,1-7H3/t22-,29-/m1/s1. The number of carbonyl (C=O) groups excluding carboxylic acids is 2. The van der Waals surface area contributed by atoms with Crippen molar-refractivity contribution in [3.63, 3.8) is 0 Å². The molecule has 41 heavy (non-hydrogen) atoms. The van der Waals surface area contributed by atoms with Crippen molar-refractivity contribution in [1.82, 2.24) is 9.80 Å². The van der Waals surface area contributed by atoms with Gasteiger partial charge in [-0.3, -0.25) is 4.90 Å². The summed E-state index contributed by atoms with van der Waals surface area (Å²) in [5.74, 6) is 0.426. The van der Waals surface area contributed by atoms with Gasteiger partial charge in [0.25, 0.3) is 0 Å². The molecule has 0 radical (unpaired) electrons. The van der Waals surface area contributed by atoms with Crippen LogP contribution in [0.4, 0.5) is 9.18 Å². The molecule has 0 aliphatic carbocycles. The van der Waals surface area contributed by atoms with Crippen molar-refractivity contribution >= 4 is 17.8 Å². The molecule has 0 spiro atoms. The average Bonchev–Trinajstić information content (AvgIpc) is 3.43. The summed E-state index contributed by atoms with van der Waals surface area (Å²) in [6.07, 6.45) is 1.86. The van der Waals surface area contributed by atoms with Gasteiger partial charge in [0.05, 0.1) is 24.8 Å².